The van der Waals surface area contributed by atoms with Gasteiger partial charge in [-0.2, -0.15) is 0 Å². The van der Waals surface area contributed by atoms with Gasteiger partial charge in [-0.05, 0) is 31.2 Å². The Morgan fingerprint density at radius 2 is 2.21 bits per heavy atom. The van der Waals surface area contributed by atoms with Crippen molar-refractivity contribution >= 4 is 11.7 Å². The van der Waals surface area contributed by atoms with Crippen LogP contribution in [0.25, 0.3) is 0 Å². The molecule has 2 aromatic rings. The Bertz CT molecular complexity index is 613. The summed E-state index contributed by atoms with van der Waals surface area (Å²) in [6.07, 6.45) is 1.51. The number of pyridine rings is 2. The summed E-state index contributed by atoms with van der Waals surface area (Å²) in [5.74, 6) is -0.311. The number of anilines is 1. The van der Waals surface area contributed by atoms with E-state index < -0.39 is 0 Å². The van der Waals surface area contributed by atoms with E-state index in [1.807, 2.05) is 0 Å². The minimum atomic E-state index is -0.370. The second-order valence-corrected chi connectivity index (χ2v) is 4.01. The lowest BCUT2D eigenvalue weighted by Gasteiger charge is -2.07. The molecule has 0 aliphatic carbocycles. The van der Waals surface area contributed by atoms with Crippen LogP contribution in [0, 0.1) is 6.92 Å². The number of nitrogens with zero attached hydrogens (tertiary/aromatic N) is 2. The lowest BCUT2D eigenvalue weighted by Crippen LogP contribution is -2.14. The maximum atomic E-state index is 12.0. The van der Waals surface area contributed by atoms with Gasteiger partial charge in [0.05, 0.1) is 5.69 Å². The lowest BCUT2D eigenvalue weighted by atomic mass is 10.2. The van der Waals surface area contributed by atoms with Crippen molar-refractivity contribution in [1.82, 2.24) is 9.97 Å². The number of carbonyl (C=O) groups excluding carboxylic acids is 1. The smallest absolute Gasteiger partial charge is 0.257 e. The first-order valence-corrected chi connectivity index (χ1v) is 5.73. The van der Waals surface area contributed by atoms with Crippen LogP contribution in [0.15, 0.2) is 30.5 Å². The number of nitrogens with two attached hydrogens (primary N) is 1. The fourth-order valence-electron chi connectivity index (χ4n) is 1.55. The molecule has 0 atom stereocenters. The number of rotatable bonds is 3. The van der Waals surface area contributed by atoms with Gasteiger partial charge in [0, 0.05) is 24.0 Å². The number of amides is 1. The number of carbonyl (C=O) groups is 1. The van der Waals surface area contributed by atoms with Crippen LogP contribution in [0.5, 0.6) is 5.75 Å². The number of aromatic hydroxyl groups is 1. The molecule has 19 heavy (non-hydrogen) atoms. The summed E-state index contributed by atoms with van der Waals surface area (Å²) in [7, 11) is 0. The van der Waals surface area contributed by atoms with Crippen LogP contribution in [0.4, 0.5) is 5.82 Å². The summed E-state index contributed by atoms with van der Waals surface area (Å²) >= 11 is 0. The van der Waals surface area contributed by atoms with Gasteiger partial charge in [0.25, 0.3) is 5.91 Å². The number of hydrogen-bond donors (Lipinski definition) is 3. The second kappa shape index (κ2) is 5.45. The zero-order chi connectivity index (χ0) is 13.8. The van der Waals surface area contributed by atoms with Gasteiger partial charge in [-0.1, -0.05) is 0 Å². The molecule has 0 spiro atoms. The molecule has 0 saturated carbocycles. The van der Waals surface area contributed by atoms with Gasteiger partial charge in [-0.25, -0.2) is 4.98 Å². The van der Waals surface area contributed by atoms with Gasteiger partial charge in [0.2, 0.25) is 0 Å². The van der Waals surface area contributed by atoms with E-state index in [4.69, 9.17) is 5.73 Å². The van der Waals surface area contributed by atoms with Crippen molar-refractivity contribution in [2.45, 2.75) is 13.5 Å². The molecular formula is C13H14N4O2. The van der Waals surface area contributed by atoms with Crippen LogP contribution in [0.3, 0.4) is 0 Å². The van der Waals surface area contributed by atoms with E-state index in [0.717, 1.165) is 0 Å². The zero-order valence-electron chi connectivity index (χ0n) is 10.4. The van der Waals surface area contributed by atoms with Crippen LogP contribution in [-0.4, -0.2) is 21.0 Å². The minimum absolute atomic E-state index is 0.0768. The van der Waals surface area contributed by atoms with E-state index in [9.17, 15) is 9.90 Å². The van der Waals surface area contributed by atoms with Gasteiger partial charge < -0.3 is 16.2 Å². The maximum Gasteiger partial charge on any atom is 0.257 e. The molecule has 2 rings (SSSR count). The van der Waals surface area contributed by atoms with Crippen LogP contribution in [-0.2, 0) is 6.54 Å². The van der Waals surface area contributed by atoms with Gasteiger partial charge >= 0.3 is 0 Å². The molecule has 6 heteroatoms. The Labute approximate surface area is 110 Å². The normalized spacial score (nSPS) is 10.2. The first-order chi connectivity index (χ1) is 9.10. The van der Waals surface area contributed by atoms with E-state index in [-0.39, 0.29) is 24.0 Å². The molecule has 2 aromatic heterocycles. The van der Waals surface area contributed by atoms with Crippen molar-refractivity contribution in [2.24, 2.45) is 5.73 Å². The highest BCUT2D eigenvalue weighted by atomic mass is 16.3. The molecule has 0 fully saturated rings. The SMILES string of the molecule is Cc1ccc(O)c(NC(=O)c2ccnc(CN)c2)n1. The van der Waals surface area contributed by atoms with Crippen molar-refractivity contribution in [3.63, 3.8) is 0 Å². The molecule has 4 N–H and O–H groups in total. The average Bonchev–Trinajstić information content (AvgIpc) is 2.43. The third-order valence-corrected chi connectivity index (χ3v) is 2.53. The number of aryl methyl sites for hydroxylation is 1. The molecule has 0 saturated heterocycles. The van der Waals surface area contributed by atoms with Crippen molar-refractivity contribution in [3.05, 3.63) is 47.4 Å². The predicted molar refractivity (Wildman–Crippen MR) is 70.7 cm³/mol. The summed E-state index contributed by atoms with van der Waals surface area (Å²) in [4.78, 5) is 20.1. The first kappa shape index (κ1) is 13.0. The standard InChI is InChI=1S/C13H14N4O2/c1-8-2-3-11(18)12(16-8)17-13(19)9-4-5-15-10(6-9)7-14/h2-6,18H,7,14H2,1H3,(H,16,17,19). The number of aromatic nitrogens is 2. The van der Waals surface area contributed by atoms with E-state index in [1.54, 1.807) is 25.1 Å². The van der Waals surface area contributed by atoms with Gasteiger partial charge in [0.15, 0.2) is 11.6 Å². The molecule has 0 radical (unpaired) electrons. The van der Waals surface area contributed by atoms with Crippen LogP contribution < -0.4 is 11.1 Å². The number of nitrogens with one attached hydrogen (secondary N) is 1. The second-order valence-electron chi connectivity index (χ2n) is 4.01. The molecular weight excluding hydrogens is 244 g/mol. The Hall–Kier alpha value is -2.47. The average molecular weight is 258 g/mol. The Morgan fingerprint density at radius 1 is 1.42 bits per heavy atom. The fourth-order valence-corrected chi connectivity index (χ4v) is 1.55. The molecule has 0 aromatic carbocycles. The maximum absolute atomic E-state index is 12.0. The van der Waals surface area contributed by atoms with E-state index in [0.29, 0.717) is 17.0 Å². The number of hydrogen-bond acceptors (Lipinski definition) is 5. The van der Waals surface area contributed by atoms with Crippen LogP contribution in [0.1, 0.15) is 21.7 Å². The largest absolute Gasteiger partial charge is 0.504 e. The third-order valence-electron chi connectivity index (χ3n) is 2.53. The molecule has 98 valence electrons. The lowest BCUT2D eigenvalue weighted by molar-refractivity contribution is 0.102. The van der Waals surface area contributed by atoms with E-state index in [2.05, 4.69) is 15.3 Å². The van der Waals surface area contributed by atoms with Gasteiger partial charge in [-0.3, -0.25) is 9.78 Å². The highest BCUT2D eigenvalue weighted by Gasteiger charge is 2.10. The molecule has 0 bridgehead atoms. The van der Waals surface area contributed by atoms with Crippen molar-refractivity contribution in [1.29, 1.82) is 0 Å². The predicted octanol–water partition coefficient (Wildman–Crippen LogP) is 1.20. The van der Waals surface area contributed by atoms with E-state index >= 15 is 0 Å². The van der Waals surface area contributed by atoms with E-state index in [1.165, 1.54) is 12.3 Å². The molecule has 0 aliphatic heterocycles. The summed E-state index contributed by atoms with van der Waals surface area (Å²) in [5.41, 5.74) is 7.20. The molecule has 2 heterocycles. The van der Waals surface area contributed by atoms with Gasteiger partial charge in [-0.15, -0.1) is 0 Å². The Kier molecular flexibility index (Phi) is 3.72. The van der Waals surface area contributed by atoms with Crippen LogP contribution >= 0.6 is 0 Å². The molecule has 1 amide bonds. The topological polar surface area (TPSA) is 101 Å². The first-order valence-electron chi connectivity index (χ1n) is 5.73. The molecule has 6 nitrogen and oxygen atoms in total. The molecule has 0 aliphatic rings. The highest BCUT2D eigenvalue weighted by Crippen LogP contribution is 2.20. The van der Waals surface area contributed by atoms with Crippen LogP contribution in [0.2, 0.25) is 0 Å². The monoisotopic (exact) mass is 258 g/mol. The highest BCUT2D eigenvalue weighted by molar-refractivity contribution is 6.04. The zero-order valence-corrected chi connectivity index (χ0v) is 10.4. The van der Waals surface area contributed by atoms with Gasteiger partial charge in [0.1, 0.15) is 0 Å². The summed E-state index contributed by atoms with van der Waals surface area (Å²) in [6, 6.07) is 6.31. The summed E-state index contributed by atoms with van der Waals surface area (Å²) in [5, 5.41) is 12.2. The molecule has 0 unspecified atom stereocenters. The summed E-state index contributed by atoms with van der Waals surface area (Å²) in [6.45, 7) is 2.03. The Balaban J connectivity index is 2.22. The third kappa shape index (κ3) is 3.05. The Morgan fingerprint density at radius 3 is 2.95 bits per heavy atom. The minimum Gasteiger partial charge on any atom is -0.504 e. The van der Waals surface area contributed by atoms with Crippen molar-refractivity contribution in [2.75, 3.05) is 5.32 Å². The van der Waals surface area contributed by atoms with Crippen molar-refractivity contribution < 1.29 is 9.90 Å². The fraction of sp³-hybridized carbons (Fsp3) is 0.154. The quantitative estimate of drug-likeness (QED) is 0.768. The van der Waals surface area contributed by atoms with Crippen molar-refractivity contribution in [3.8, 4) is 5.75 Å². The summed E-state index contributed by atoms with van der Waals surface area (Å²) < 4.78 is 0.